The van der Waals surface area contributed by atoms with Crippen LogP contribution in [0.25, 0.3) is 0 Å². The predicted octanol–water partition coefficient (Wildman–Crippen LogP) is 2.98. The number of alkyl halides is 6. The monoisotopic (exact) mass is 306 g/mol. The fourth-order valence-corrected chi connectivity index (χ4v) is 1.46. The van der Waals surface area contributed by atoms with E-state index in [0.717, 1.165) is 0 Å². The normalized spacial score (nSPS) is 14.2. The lowest BCUT2D eigenvalue weighted by Gasteiger charge is -2.18. The Balaban J connectivity index is 3.66. The van der Waals surface area contributed by atoms with Crippen molar-refractivity contribution < 1.29 is 45.7 Å². The SMILES string of the molecule is O=C(O)C(O)c1ccc(C(F)(F)F)c(F)c1C(F)(F)F. The third-order valence-corrected chi connectivity index (χ3v) is 2.29. The van der Waals surface area contributed by atoms with Crippen LogP contribution in [-0.2, 0) is 17.1 Å². The molecule has 0 heterocycles. The molecule has 1 rings (SSSR count). The van der Waals surface area contributed by atoms with Gasteiger partial charge in [-0.25, -0.2) is 9.18 Å². The molecular weight excluding hydrogens is 301 g/mol. The summed E-state index contributed by atoms with van der Waals surface area (Å²) in [5, 5.41) is 17.4. The van der Waals surface area contributed by atoms with Crippen molar-refractivity contribution in [2.45, 2.75) is 18.5 Å². The molecule has 1 aromatic rings. The van der Waals surface area contributed by atoms with Gasteiger partial charge in [0.1, 0.15) is 5.82 Å². The van der Waals surface area contributed by atoms with Crippen LogP contribution in [0.2, 0.25) is 0 Å². The highest BCUT2D eigenvalue weighted by molar-refractivity contribution is 5.74. The van der Waals surface area contributed by atoms with Crippen LogP contribution in [0.5, 0.6) is 0 Å². The Kier molecular flexibility index (Phi) is 3.99. The van der Waals surface area contributed by atoms with Crippen molar-refractivity contribution >= 4 is 5.97 Å². The highest BCUT2D eigenvalue weighted by atomic mass is 19.4. The van der Waals surface area contributed by atoms with Crippen molar-refractivity contribution in [2.24, 2.45) is 0 Å². The maximum atomic E-state index is 13.4. The zero-order valence-electron chi connectivity index (χ0n) is 9.18. The Hall–Kier alpha value is -1.84. The number of benzene rings is 1. The van der Waals surface area contributed by atoms with E-state index in [1.807, 2.05) is 0 Å². The van der Waals surface area contributed by atoms with Crippen LogP contribution >= 0.6 is 0 Å². The summed E-state index contributed by atoms with van der Waals surface area (Å²) in [6, 6.07) is 0.0135. The van der Waals surface area contributed by atoms with Gasteiger partial charge in [0.05, 0.1) is 11.1 Å². The summed E-state index contributed by atoms with van der Waals surface area (Å²) in [5.41, 5.74) is -6.16. The molecule has 1 unspecified atom stereocenters. The van der Waals surface area contributed by atoms with Gasteiger partial charge in [-0.2, -0.15) is 26.3 Å². The first-order valence-corrected chi connectivity index (χ1v) is 4.75. The molecule has 0 aliphatic rings. The largest absolute Gasteiger partial charge is 0.479 e. The first-order chi connectivity index (χ1) is 8.87. The van der Waals surface area contributed by atoms with Gasteiger partial charge < -0.3 is 10.2 Å². The minimum absolute atomic E-state index is 0.0634. The number of carboxylic acid groups (broad SMARTS) is 1. The van der Waals surface area contributed by atoms with E-state index in [9.17, 15) is 35.5 Å². The molecule has 0 bridgehead atoms. The smallest absolute Gasteiger partial charge is 0.419 e. The van der Waals surface area contributed by atoms with Gasteiger partial charge >= 0.3 is 18.3 Å². The molecule has 3 nitrogen and oxygen atoms in total. The molecule has 0 saturated carbocycles. The van der Waals surface area contributed by atoms with Crippen LogP contribution in [0.4, 0.5) is 30.7 Å². The molecule has 1 aromatic carbocycles. The number of aliphatic hydroxyl groups is 1. The van der Waals surface area contributed by atoms with Crippen molar-refractivity contribution in [3.63, 3.8) is 0 Å². The van der Waals surface area contributed by atoms with Gasteiger partial charge in [-0.05, 0) is 6.07 Å². The summed E-state index contributed by atoms with van der Waals surface area (Å²) >= 11 is 0. The second kappa shape index (κ2) is 4.93. The minimum Gasteiger partial charge on any atom is -0.479 e. The molecule has 0 aliphatic heterocycles. The number of carboxylic acids is 1. The Morgan fingerprint density at radius 1 is 1.05 bits per heavy atom. The van der Waals surface area contributed by atoms with E-state index in [1.54, 1.807) is 0 Å². The highest BCUT2D eigenvalue weighted by Crippen LogP contribution is 2.41. The number of hydrogen-bond donors (Lipinski definition) is 2. The zero-order chi connectivity index (χ0) is 15.9. The van der Waals surface area contributed by atoms with Crippen LogP contribution in [0, 0.1) is 5.82 Å². The summed E-state index contributed by atoms with van der Waals surface area (Å²) < 4.78 is 88.1. The quantitative estimate of drug-likeness (QED) is 0.826. The fraction of sp³-hybridized carbons (Fsp3) is 0.300. The van der Waals surface area contributed by atoms with Crippen LogP contribution in [0.3, 0.4) is 0 Å². The summed E-state index contributed by atoms with van der Waals surface area (Å²) in [6.45, 7) is 0. The molecule has 0 aromatic heterocycles. The Bertz CT molecular complexity index is 533. The first kappa shape index (κ1) is 16.2. The highest BCUT2D eigenvalue weighted by Gasteiger charge is 2.44. The van der Waals surface area contributed by atoms with E-state index in [0.29, 0.717) is 0 Å². The van der Waals surface area contributed by atoms with E-state index in [-0.39, 0.29) is 12.1 Å². The second-order valence-electron chi connectivity index (χ2n) is 3.63. The molecule has 0 aliphatic carbocycles. The van der Waals surface area contributed by atoms with Gasteiger partial charge in [0, 0.05) is 5.56 Å². The first-order valence-electron chi connectivity index (χ1n) is 4.75. The number of carbonyl (C=O) groups is 1. The van der Waals surface area contributed by atoms with Crippen LogP contribution in [-0.4, -0.2) is 16.2 Å². The summed E-state index contributed by atoms with van der Waals surface area (Å²) in [4.78, 5) is 10.4. The van der Waals surface area contributed by atoms with Gasteiger partial charge in [0.25, 0.3) is 0 Å². The van der Waals surface area contributed by atoms with Crippen molar-refractivity contribution in [3.8, 4) is 0 Å². The third kappa shape index (κ3) is 3.00. The molecule has 2 N–H and O–H groups in total. The predicted molar refractivity (Wildman–Crippen MR) is 49.0 cm³/mol. The van der Waals surface area contributed by atoms with E-state index in [4.69, 9.17) is 10.2 Å². The standard InChI is InChI=1S/C10H5F7O3/c11-6-4(9(12,13)14)2-1-3(7(18)8(19)20)5(6)10(15,16)17/h1-2,7,18H,(H,19,20). The van der Waals surface area contributed by atoms with E-state index < -0.39 is 46.9 Å². The van der Waals surface area contributed by atoms with Crippen LogP contribution in [0.1, 0.15) is 22.8 Å². The van der Waals surface area contributed by atoms with Gasteiger partial charge in [-0.15, -0.1) is 0 Å². The minimum atomic E-state index is -5.60. The average Bonchev–Trinajstić information content (AvgIpc) is 2.23. The maximum absolute atomic E-state index is 13.4. The lowest BCUT2D eigenvalue weighted by atomic mass is 9.98. The molecule has 0 fully saturated rings. The number of halogens is 7. The zero-order valence-corrected chi connectivity index (χ0v) is 9.18. The lowest BCUT2D eigenvalue weighted by molar-refractivity contribution is -0.151. The third-order valence-electron chi connectivity index (χ3n) is 2.29. The molecule has 0 amide bonds. The fourth-order valence-electron chi connectivity index (χ4n) is 1.46. The summed E-state index contributed by atoms with van der Waals surface area (Å²) in [6.07, 6.45) is -13.8. The van der Waals surface area contributed by atoms with Gasteiger partial charge in [0.15, 0.2) is 6.10 Å². The molecule has 1 atom stereocenters. The topological polar surface area (TPSA) is 57.5 Å². The Morgan fingerprint density at radius 3 is 1.90 bits per heavy atom. The number of hydrogen-bond acceptors (Lipinski definition) is 2. The van der Waals surface area contributed by atoms with Crippen molar-refractivity contribution in [1.82, 2.24) is 0 Å². The number of aliphatic hydroxyl groups excluding tert-OH is 1. The maximum Gasteiger partial charge on any atom is 0.419 e. The second-order valence-corrected chi connectivity index (χ2v) is 3.63. The van der Waals surface area contributed by atoms with Crippen molar-refractivity contribution in [3.05, 3.63) is 34.6 Å². The van der Waals surface area contributed by atoms with Gasteiger partial charge in [-0.3, -0.25) is 0 Å². The molecule has 0 spiro atoms. The van der Waals surface area contributed by atoms with Crippen LogP contribution < -0.4 is 0 Å². The molecule has 20 heavy (non-hydrogen) atoms. The van der Waals surface area contributed by atoms with E-state index in [2.05, 4.69) is 0 Å². The molecule has 0 saturated heterocycles. The summed E-state index contributed by atoms with van der Waals surface area (Å²) in [7, 11) is 0. The molecule has 0 radical (unpaired) electrons. The Labute approximate surface area is 106 Å². The molecular formula is C10H5F7O3. The van der Waals surface area contributed by atoms with Crippen molar-refractivity contribution in [1.29, 1.82) is 0 Å². The molecule has 10 heteroatoms. The average molecular weight is 306 g/mol. The van der Waals surface area contributed by atoms with Crippen molar-refractivity contribution in [2.75, 3.05) is 0 Å². The summed E-state index contributed by atoms with van der Waals surface area (Å²) in [5.74, 6) is -4.84. The van der Waals surface area contributed by atoms with E-state index in [1.165, 1.54) is 0 Å². The van der Waals surface area contributed by atoms with Gasteiger partial charge in [-0.1, -0.05) is 6.07 Å². The number of rotatable bonds is 2. The Morgan fingerprint density at radius 2 is 1.55 bits per heavy atom. The van der Waals surface area contributed by atoms with E-state index >= 15 is 0 Å². The lowest BCUT2D eigenvalue weighted by Crippen LogP contribution is -2.22. The van der Waals surface area contributed by atoms with Gasteiger partial charge in [0.2, 0.25) is 0 Å². The number of aliphatic carboxylic acids is 1. The molecule has 112 valence electrons. The van der Waals surface area contributed by atoms with Crippen LogP contribution in [0.15, 0.2) is 12.1 Å².